The molecule has 1 saturated heterocycles. The van der Waals surface area contributed by atoms with Crippen molar-refractivity contribution in [2.75, 3.05) is 31.2 Å². The van der Waals surface area contributed by atoms with Crippen LogP contribution in [0.5, 0.6) is 5.88 Å². The van der Waals surface area contributed by atoms with Crippen molar-refractivity contribution >= 4 is 11.7 Å². The molecule has 1 aliphatic rings. The Bertz CT molecular complexity index is 1050. The normalized spacial score (nSPS) is 17.4. The second-order valence-electron chi connectivity index (χ2n) is 11.6. The number of ether oxygens (including phenoxy) is 3. The Morgan fingerprint density at radius 1 is 1.16 bits per heavy atom. The van der Waals surface area contributed by atoms with E-state index >= 15 is 0 Å². The smallest absolute Gasteiger partial charge is 0.337 e. The summed E-state index contributed by atoms with van der Waals surface area (Å²) in [5, 5.41) is 10.3. The summed E-state index contributed by atoms with van der Waals surface area (Å²) < 4.78 is 17.4. The molecule has 3 rings (SSSR count). The monoisotopic (exact) mass is 513 g/mol. The molecule has 2 aromatic rings. The van der Waals surface area contributed by atoms with E-state index < -0.39 is 17.7 Å². The van der Waals surface area contributed by atoms with Crippen molar-refractivity contribution in [2.24, 2.45) is 5.41 Å². The topological polar surface area (TPSA) is 94.0 Å². The number of carboxylic acids is 1. The van der Waals surface area contributed by atoms with Gasteiger partial charge in [-0.05, 0) is 65.9 Å². The van der Waals surface area contributed by atoms with Crippen LogP contribution in [0, 0.1) is 12.3 Å². The van der Waals surface area contributed by atoms with Gasteiger partial charge in [-0.15, -0.1) is 0 Å². The van der Waals surface area contributed by atoms with Gasteiger partial charge in [-0.3, -0.25) is 4.98 Å². The van der Waals surface area contributed by atoms with Gasteiger partial charge in [-0.2, -0.15) is 0 Å². The summed E-state index contributed by atoms with van der Waals surface area (Å²) in [6.07, 6.45) is 4.33. The third kappa shape index (κ3) is 7.65. The van der Waals surface area contributed by atoms with Crippen molar-refractivity contribution in [3.05, 3.63) is 35.8 Å². The van der Waals surface area contributed by atoms with E-state index in [0.717, 1.165) is 42.7 Å². The molecule has 2 aromatic heterocycles. The number of aromatic nitrogens is 2. The molecule has 1 aliphatic heterocycles. The lowest BCUT2D eigenvalue weighted by Gasteiger charge is -2.40. The molecule has 0 amide bonds. The van der Waals surface area contributed by atoms with Crippen molar-refractivity contribution in [1.82, 2.24) is 9.97 Å². The lowest BCUT2D eigenvalue weighted by atomic mass is 9.82. The van der Waals surface area contributed by atoms with Gasteiger partial charge in [0.05, 0.1) is 17.9 Å². The van der Waals surface area contributed by atoms with Crippen LogP contribution >= 0.6 is 0 Å². The van der Waals surface area contributed by atoms with Gasteiger partial charge in [0.25, 0.3) is 0 Å². The van der Waals surface area contributed by atoms with Crippen LogP contribution < -0.4 is 9.64 Å². The first-order chi connectivity index (χ1) is 17.3. The molecule has 0 aromatic carbocycles. The van der Waals surface area contributed by atoms with Gasteiger partial charge in [0.15, 0.2) is 6.10 Å². The van der Waals surface area contributed by atoms with E-state index in [1.807, 2.05) is 59.9 Å². The average Bonchev–Trinajstić information content (AvgIpc) is 2.81. The Balaban J connectivity index is 2.08. The molecule has 2 atom stereocenters. The van der Waals surface area contributed by atoms with Crippen molar-refractivity contribution in [3.8, 4) is 17.0 Å². The number of hydrogen-bond acceptors (Lipinski definition) is 7. The maximum Gasteiger partial charge on any atom is 0.337 e. The second kappa shape index (κ2) is 11.8. The van der Waals surface area contributed by atoms with Gasteiger partial charge in [0, 0.05) is 60.5 Å². The third-order valence-corrected chi connectivity index (χ3v) is 6.60. The van der Waals surface area contributed by atoms with Crippen LogP contribution in [0.4, 0.5) is 5.69 Å². The minimum atomic E-state index is -1.15. The molecular weight excluding hydrogens is 470 g/mol. The van der Waals surface area contributed by atoms with E-state index in [1.54, 1.807) is 6.20 Å². The Hall–Kier alpha value is -2.71. The van der Waals surface area contributed by atoms with Crippen LogP contribution in [-0.2, 0) is 14.3 Å². The third-order valence-electron chi connectivity index (χ3n) is 6.60. The second-order valence-corrected chi connectivity index (χ2v) is 11.6. The summed E-state index contributed by atoms with van der Waals surface area (Å²) in [7, 11) is 0. The van der Waals surface area contributed by atoms with Crippen molar-refractivity contribution in [1.29, 1.82) is 0 Å². The van der Waals surface area contributed by atoms with Crippen molar-refractivity contribution in [3.63, 3.8) is 0 Å². The molecule has 0 spiro atoms. The molecule has 0 saturated carbocycles. The van der Waals surface area contributed by atoms with Crippen LogP contribution in [-0.4, -0.2) is 59.1 Å². The lowest BCUT2D eigenvalue weighted by molar-refractivity contribution is -0.160. The van der Waals surface area contributed by atoms with Gasteiger partial charge in [-0.1, -0.05) is 13.8 Å². The first kappa shape index (κ1) is 28.9. The van der Waals surface area contributed by atoms with E-state index in [-0.39, 0.29) is 11.5 Å². The molecule has 8 nitrogen and oxygen atoms in total. The summed E-state index contributed by atoms with van der Waals surface area (Å²) in [5.41, 5.74) is 3.39. The van der Waals surface area contributed by atoms with Gasteiger partial charge < -0.3 is 24.2 Å². The fourth-order valence-electron chi connectivity index (χ4n) is 4.53. The quantitative estimate of drug-likeness (QED) is 0.425. The highest BCUT2D eigenvalue weighted by Gasteiger charge is 2.35. The Morgan fingerprint density at radius 3 is 2.38 bits per heavy atom. The number of nitrogens with zero attached hydrogens (tertiary/aromatic N) is 3. The van der Waals surface area contributed by atoms with Gasteiger partial charge in [0.1, 0.15) is 6.10 Å². The minimum absolute atomic E-state index is 0.121. The lowest BCUT2D eigenvalue weighted by Crippen LogP contribution is -2.39. The summed E-state index contributed by atoms with van der Waals surface area (Å²) in [6.45, 7) is 18.7. The predicted molar refractivity (Wildman–Crippen MR) is 145 cm³/mol. The number of aliphatic carboxylic acids is 1. The Morgan fingerprint density at radius 2 is 1.84 bits per heavy atom. The van der Waals surface area contributed by atoms with Crippen LogP contribution in [0.2, 0.25) is 0 Å². The largest absolute Gasteiger partial charge is 0.479 e. The molecular formula is C29H43N3O5. The molecule has 3 heterocycles. The molecule has 204 valence electrons. The number of anilines is 1. The number of aryl methyl sites for hydroxylation is 1. The highest BCUT2D eigenvalue weighted by atomic mass is 16.5. The zero-order chi connectivity index (χ0) is 27.4. The van der Waals surface area contributed by atoms with E-state index in [1.165, 1.54) is 0 Å². The molecule has 0 aliphatic carbocycles. The molecule has 37 heavy (non-hydrogen) atoms. The SMILES string of the molecule is CCOCC(C)Oc1ccc(-c2cnc(C)c([C@H](OC(C)(C)C)C(=O)O)c2N2CCC(C)(C)CC2)cn1. The zero-order valence-electron chi connectivity index (χ0n) is 23.6. The summed E-state index contributed by atoms with van der Waals surface area (Å²) in [6, 6.07) is 3.78. The first-order valence-corrected chi connectivity index (χ1v) is 13.2. The Kier molecular flexibility index (Phi) is 9.18. The van der Waals surface area contributed by atoms with Crippen LogP contribution in [0.3, 0.4) is 0 Å². The molecule has 8 heteroatoms. The summed E-state index contributed by atoms with van der Waals surface area (Å²) in [5.74, 6) is -0.516. The maximum absolute atomic E-state index is 12.5. The molecule has 1 unspecified atom stereocenters. The number of carboxylic acid groups (broad SMARTS) is 1. The number of pyridine rings is 2. The average molecular weight is 514 g/mol. The number of rotatable bonds is 10. The van der Waals surface area contributed by atoms with Crippen LogP contribution in [0.15, 0.2) is 24.5 Å². The molecule has 0 radical (unpaired) electrons. The minimum Gasteiger partial charge on any atom is -0.479 e. The van der Waals surface area contributed by atoms with Gasteiger partial charge in [-0.25, -0.2) is 9.78 Å². The number of carbonyl (C=O) groups is 1. The number of hydrogen-bond donors (Lipinski definition) is 1. The van der Waals surface area contributed by atoms with Crippen molar-refractivity contribution in [2.45, 2.75) is 86.0 Å². The zero-order valence-corrected chi connectivity index (χ0v) is 23.6. The van der Waals surface area contributed by atoms with Crippen LogP contribution in [0.1, 0.15) is 78.7 Å². The summed E-state index contributed by atoms with van der Waals surface area (Å²) >= 11 is 0. The van der Waals surface area contributed by atoms with Gasteiger partial charge in [0.2, 0.25) is 5.88 Å². The fraction of sp³-hybridized carbons (Fsp3) is 0.621. The van der Waals surface area contributed by atoms with Crippen LogP contribution in [0.25, 0.3) is 11.1 Å². The molecule has 1 N–H and O–H groups in total. The molecule has 0 bridgehead atoms. The van der Waals surface area contributed by atoms with E-state index in [2.05, 4.69) is 28.7 Å². The highest BCUT2D eigenvalue weighted by Crippen LogP contribution is 2.43. The molecule has 1 fully saturated rings. The number of piperidine rings is 1. The van der Waals surface area contributed by atoms with Gasteiger partial charge >= 0.3 is 5.97 Å². The van der Waals surface area contributed by atoms with E-state index in [4.69, 9.17) is 14.2 Å². The summed E-state index contributed by atoms with van der Waals surface area (Å²) in [4.78, 5) is 24.0. The van der Waals surface area contributed by atoms with E-state index in [9.17, 15) is 9.90 Å². The predicted octanol–water partition coefficient (Wildman–Crippen LogP) is 5.82. The highest BCUT2D eigenvalue weighted by molar-refractivity contribution is 5.86. The first-order valence-electron chi connectivity index (χ1n) is 13.2. The maximum atomic E-state index is 12.5. The van der Waals surface area contributed by atoms with E-state index in [0.29, 0.717) is 30.4 Å². The fourth-order valence-corrected chi connectivity index (χ4v) is 4.53. The van der Waals surface area contributed by atoms with Crippen molar-refractivity contribution < 1.29 is 24.1 Å². The Labute approximate surface area is 221 Å². The standard InChI is InChI=1S/C29H43N3O5/c1-9-35-18-19(2)36-23-11-10-21(16-31-23)22-17-30-20(3)24(26(27(33)34)37-28(4,5)6)25(22)32-14-12-29(7,8)13-15-32/h10-11,16-17,19,26H,9,12-15,18H2,1-8H3,(H,33,34)/t19?,26-/m0/s1.